The van der Waals surface area contributed by atoms with Crippen molar-refractivity contribution in [3.63, 3.8) is 0 Å². The number of benzene rings is 2. The summed E-state index contributed by atoms with van der Waals surface area (Å²) < 4.78 is 22.3. The molecule has 1 fully saturated rings. The zero-order chi connectivity index (χ0) is 20.4. The summed E-state index contributed by atoms with van der Waals surface area (Å²) >= 11 is 6.40. The predicted molar refractivity (Wildman–Crippen MR) is 110 cm³/mol. The third-order valence-electron chi connectivity index (χ3n) is 5.36. The molecular weight excluding hydrogens is 394 g/mol. The lowest BCUT2D eigenvalue weighted by molar-refractivity contribution is 0.0733. The molecule has 1 atom stereocenters. The van der Waals surface area contributed by atoms with Crippen molar-refractivity contribution in [1.29, 1.82) is 0 Å². The minimum atomic E-state index is -0.0806. The second-order valence-electron chi connectivity index (χ2n) is 7.10. The maximum atomic E-state index is 13.4. The molecule has 2 aromatic carbocycles. The number of carbonyl (C=O) groups excluding carboxylic acids is 1. The smallest absolute Gasteiger partial charge is 0.254 e. The first-order valence-electron chi connectivity index (χ1n) is 9.74. The number of halogens is 1. The molecule has 2 aliphatic rings. The van der Waals surface area contributed by atoms with Gasteiger partial charge in [-0.2, -0.15) is 0 Å². The van der Waals surface area contributed by atoms with Crippen molar-refractivity contribution in [1.82, 2.24) is 4.90 Å². The van der Waals surface area contributed by atoms with Gasteiger partial charge in [0.1, 0.15) is 11.5 Å². The van der Waals surface area contributed by atoms with Crippen LogP contribution in [0.25, 0.3) is 0 Å². The van der Waals surface area contributed by atoms with Crippen molar-refractivity contribution in [2.75, 3.05) is 34.0 Å². The highest BCUT2D eigenvalue weighted by Crippen LogP contribution is 2.42. The first-order chi connectivity index (χ1) is 14.1. The standard InChI is InChI=1S/C22H24ClNO5/c1-26-15-6-7-16(19(13-15)27-2)18-5-3-8-24(18)22(25)14-11-17(23)21-20(12-14)28-9-4-10-29-21/h6-7,11-13,18H,3-5,8-10H2,1-2H3. The summed E-state index contributed by atoms with van der Waals surface area (Å²) in [5.41, 5.74) is 1.47. The number of fused-ring (bicyclic) bond motifs is 1. The number of nitrogens with zero attached hydrogens (tertiary/aromatic N) is 1. The molecule has 2 heterocycles. The second-order valence-corrected chi connectivity index (χ2v) is 7.51. The summed E-state index contributed by atoms with van der Waals surface area (Å²) in [5, 5.41) is 0.394. The molecule has 4 rings (SSSR count). The fourth-order valence-corrected chi connectivity index (χ4v) is 4.21. The minimum Gasteiger partial charge on any atom is -0.497 e. The molecule has 0 bridgehead atoms. The average molecular weight is 418 g/mol. The van der Waals surface area contributed by atoms with Crippen molar-refractivity contribution in [3.05, 3.63) is 46.5 Å². The molecule has 7 heteroatoms. The van der Waals surface area contributed by atoms with Crippen LogP contribution in [0, 0.1) is 0 Å². The molecule has 0 aromatic heterocycles. The largest absolute Gasteiger partial charge is 0.497 e. The average Bonchev–Trinajstić information content (AvgIpc) is 3.10. The number of carbonyl (C=O) groups is 1. The zero-order valence-electron chi connectivity index (χ0n) is 16.6. The molecule has 29 heavy (non-hydrogen) atoms. The molecule has 6 nitrogen and oxygen atoms in total. The van der Waals surface area contributed by atoms with E-state index in [1.54, 1.807) is 26.4 Å². The molecule has 0 saturated carbocycles. The van der Waals surface area contributed by atoms with Crippen molar-refractivity contribution in [2.24, 2.45) is 0 Å². The topological polar surface area (TPSA) is 57.2 Å². The van der Waals surface area contributed by atoms with Crippen LogP contribution in [0.5, 0.6) is 23.0 Å². The van der Waals surface area contributed by atoms with Crippen LogP contribution in [-0.2, 0) is 0 Å². The van der Waals surface area contributed by atoms with Crippen LogP contribution in [-0.4, -0.2) is 44.8 Å². The predicted octanol–water partition coefficient (Wildman–Crippen LogP) is 4.50. The molecule has 2 aliphatic heterocycles. The van der Waals surface area contributed by atoms with E-state index in [-0.39, 0.29) is 11.9 Å². The summed E-state index contributed by atoms with van der Waals surface area (Å²) in [7, 11) is 3.25. The Labute approximate surface area is 175 Å². The van der Waals surface area contributed by atoms with Gasteiger partial charge in [-0.15, -0.1) is 0 Å². The van der Waals surface area contributed by atoms with Gasteiger partial charge in [-0.25, -0.2) is 0 Å². The monoisotopic (exact) mass is 417 g/mol. The van der Waals surface area contributed by atoms with Crippen LogP contribution >= 0.6 is 11.6 Å². The van der Waals surface area contributed by atoms with Gasteiger partial charge in [-0.05, 0) is 37.1 Å². The highest BCUT2D eigenvalue weighted by atomic mass is 35.5. The molecule has 1 unspecified atom stereocenters. The van der Waals surface area contributed by atoms with Crippen LogP contribution in [0.15, 0.2) is 30.3 Å². The van der Waals surface area contributed by atoms with Crippen LogP contribution in [0.1, 0.15) is 41.2 Å². The van der Waals surface area contributed by atoms with Crippen molar-refractivity contribution in [3.8, 4) is 23.0 Å². The fraction of sp³-hybridized carbons (Fsp3) is 0.409. The second kappa shape index (κ2) is 8.41. The Bertz CT molecular complexity index is 916. The maximum Gasteiger partial charge on any atom is 0.254 e. The Balaban J connectivity index is 1.65. The summed E-state index contributed by atoms with van der Waals surface area (Å²) in [6, 6.07) is 9.03. The number of methoxy groups -OCH3 is 2. The Morgan fingerprint density at radius 2 is 1.93 bits per heavy atom. The quantitative estimate of drug-likeness (QED) is 0.733. The number of amides is 1. The molecule has 0 aliphatic carbocycles. The summed E-state index contributed by atoms with van der Waals surface area (Å²) in [4.78, 5) is 15.3. The summed E-state index contributed by atoms with van der Waals surface area (Å²) in [6.07, 6.45) is 2.57. The van der Waals surface area contributed by atoms with E-state index in [2.05, 4.69) is 0 Å². The highest BCUT2D eigenvalue weighted by Gasteiger charge is 2.33. The Morgan fingerprint density at radius 3 is 2.72 bits per heavy atom. The van der Waals surface area contributed by atoms with Crippen LogP contribution in [0.2, 0.25) is 5.02 Å². The van der Waals surface area contributed by atoms with Crippen LogP contribution in [0.3, 0.4) is 0 Å². The molecule has 154 valence electrons. The third-order valence-corrected chi connectivity index (χ3v) is 5.64. The van der Waals surface area contributed by atoms with Gasteiger partial charge in [-0.3, -0.25) is 4.79 Å². The normalized spacial score (nSPS) is 18.3. The van der Waals surface area contributed by atoms with Crippen molar-refractivity contribution in [2.45, 2.75) is 25.3 Å². The van der Waals surface area contributed by atoms with Crippen molar-refractivity contribution >= 4 is 17.5 Å². The molecule has 0 N–H and O–H groups in total. The van der Waals surface area contributed by atoms with E-state index in [0.29, 0.717) is 47.6 Å². The minimum absolute atomic E-state index is 0.0712. The molecule has 0 spiro atoms. The van der Waals surface area contributed by atoms with Gasteiger partial charge in [0, 0.05) is 30.2 Å². The lowest BCUT2D eigenvalue weighted by atomic mass is 10.0. The number of rotatable bonds is 4. The van der Waals surface area contributed by atoms with Gasteiger partial charge in [-0.1, -0.05) is 11.6 Å². The Morgan fingerprint density at radius 1 is 1.10 bits per heavy atom. The first kappa shape index (κ1) is 19.7. The van der Waals surface area contributed by atoms with Crippen LogP contribution < -0.4 is 18.9 Å². The van der Waals surface area contributed by atoms with E-state index in [1.807, 2.05) is 23.1 Å². The van der Waals surface area contributed by atoms with E-state index in [1.165, 1.54) is 0 Å². The van der Waals surface area contributed by atoms with E-state index in [9.17, 15) is 4.79 Å². The summed E-state index contributed by atoms with van der Waals surface area (Å²) in [5.74, 6) is 2.39. The SMILES string of the molecule is COc1ccc(C2CCCN2C(=O)c2cc(Cl)c3c(c2)OCCCO3)c(OC)c1. The van der Waals surface area contributed by atoms with Gasteiger partial charge >= 0.3 is 0 Å². The first-order valence-corrected chi connectivity index (χ1v) is 10.1. The van der Waals surface area contributed by atoms with Crippen LogP contribution in [0.4, 0.5) is 0 Å². The Kier molecular flexibility index (Phi) is 5.72. The number of ether oxygens (including phenoxy) is 4. The third kappa shape index (κ3) is 3.81. The van der Waals surface area contributed by atoms with E-state index >= 15 is 0 Å². The zero-order valence-corrected chi connectivity index (χ0v) is 17.3. The van der Waals surface area contributed by atoms with Gasteiger partial charge in [0.2, 0.25) is 0 Å². The molecule has 0 radical (unpaired) electrons. The molecular formula is C22H24ClNO5. The van der Waals surface area contributed by atoms with E-state index in [4.69, 9.17) is 30.5 Å². The summed E-state index contributed by atoms with van der Waals surface area (Å²) in [6.45, 7) is 1.76. The molecule has 1 saturated heterocycles. The fourth-order valence-electron chi connectivity index (χ4n) is 3.95. The lowest BCUT2D eigenvalue weighted by Gasteiger charge is -2.27. The van der Waals surface area contributed by atoms with Gasteiger partial charge in [0.15, 0.2) is 11.5 Å². The number of likely N-dealkylation sites (tertiary alicyclic amines) is 1. The van der Waals surface area contributed by atoms with Gasteiger partial charge < -0.3 is 23.8 Å². The number of hydrogen-bond donors (Lipinski definition) is 0. The van der Waals surface area contributed by atoms with Gasteiger partial charge in [0.25, 0.3) is 5.91 Å². The van der Waals surface area contributed by atoms with E-state index in [0.717, 1.165) is 30.6 Å². The lowest BCUT2D eigenvalue weighted by Crippen LogP contribution is -2.30. The van der Waals surface area contributed by atoms with Crippen molar-refractivity contribution < 1.29 is 23.7 Å². The Hall–Kier alpha value is -2.60. The molecule has 1 amide bonds. The van der Waals surface area contributed by atoms with Gasteiger partial charge in [0.05, 0.1) is 38.5 Å². The highest BCUT2D eigenvalue weighted by molar-refractivity contribution is 6.32. The maximum absolute atomic E-state index is 13.4. The number of hydrogen-bond acceptors (Lipinski definition) is 5. The van der Waals surface area contributed by atoms with E-state index < -0.39 is 0 Å². The molecule has 2 aromatic rings.